The molecule has 0 spiro atoms. The number of hydrogen-bond donors (Lipinski definition) is 3. The van der Waals surface area contributed by atoms with Gasteiger partial charge in [-0.2, -0.15) is 0 Å². The van der Waals surface area contributed by atoms with Crippen molar-refractivity contribution in [3.8, 4) is 11.5 Å². The summed E-state index contributed by atoms with van der Waals surface area (Å²) in [6.45, 7) is 1.44. The normalized spacial score (nSPS) is 15.5. The largest absolute Gasteiger partial charge is 0.455 e. The fourth-order valence-corrected chi connectivity index (χ4v) is 5.29. The highest BCUT2D eigenvalue weighted by Gasteiger charge is 2.26. The molecule has 13 nitrogen and oxygen atoms in total. The summed E-state index contributed by atoms with van der Waals surface area (Å²) in [5, 5.41) is 15.4. The van der Waals surface area contributed by atoms with Gasteiger partial charge in [0.15, 0.2) is 0 Å². The maximum absolute atomic E-state index is 13.1. The van der Waals surface area contributed by atoms with E-state index in [0.717, 1.165) is 11.5 Å². The topological polar surface area (TPSA) is 175 Å². The number of fused-ring (bicyclic) bond motifs is 1. The minimum absolute atomic E-state index is 0.0678. The van der Waals surface area contributed by atoms with Crippen molar-refractivity contribution in [3.05, 3.63) is 81.1 Å². The van der Waals surface area contributed by atoms with Gasteiger partial charge in [0.1, 0.15) is 22.8 Å². The first-order chi connectivity index (χ1) is 19.2. The predicted octanol–water partition coefficient (Wildman–Crippen LogP) is 3.97. The van der Waals surface area contributed by atoms with Gasteiger partial charge in [0.05, 0.1) is 47.5 Å². The van der Waals surface area contributed by atoms with Crippen molar-refractivity contribution < 1.29 is 32.3 Å². The first-order valence-corrected chi connectivity index (χ1v) is 14.2. The quantitative estimate of drug-likeness (QED) is 0.181. The maximum Gasteiger partial charge on any atom is 0.293 e. The Morgan fingerprint density at radius 3 is 2.83 bits per heavy atom. The van der Waals surface area contributed by atoms with Crippen LogP contribution in [-0.2, 0) is 19.5 Å². The van der Waals surface area contributed by atoms with E-state index in [-0.39, 0.29) is 29.6 Å². The number of halogens is 1. The number of ether oxygens (including phenoxy) is 3. The molecule has 5 rings (SSSR count). The second-order valence-electron chi connectivity index (χ2n) is 8.65. The molecule has 1 saturated heterocycles. The number of hydrogen-bond acceptors (Lipinski definition) is 10. The van der Waals surface area contributed by atoms with Gasteiger partial charge < -0.3 is 24.5 Å². The number of benzene rings is 2. The lowest BCUT2D eigenvalue weighted by atomic mass is 10.2. The van der Waals surface area contributed by atoms with Gasteiger partial charge >= 0.3 is 0 Å². The molecule has 208 valence electrons. The second kappa shape index (κ2) is 11.6. The number of amides is 1. The Labute approximate surface area is 236 Å². The van der Waals surface area contributed by atoms with Crippen LogP contribution in [0.2, 0.25) is 0 Å². The number of aromatic nitrogens is 2. The Bertz CT molecular complexity index is 1690. The lowest BCUT2D eigenvalue weighted by molar-refractivity contribution is -0.384. The molecule has 1 aliphatic heterocycles. The number of nitro benzene ring substituents is 1. The van der Waals surface area contributed by atoms with Crippen molar-refractivity contribution in [2.45, 2.75) is 11.0 Å². The first-order valence-electron chi connectivity index (χ1n) is 11.9. The molecule has 0 aliphatic carbocycles. The van der Waals surface area contributed by atoms with Crippen molar-refractivity contribution in [2.24, 2.45) is 0 Å². The molecule has 4 aromatic rings. The van der Waals surface area contributed by atoms with Gasteiger partial charge in [0, 0.05) is 28.7 Å². The summed E-state index contributed by atoms with van der Waals surface area (Å²) in [6.07, 6.45) is 2.87. The average Bonchev–Trinajstić information content (AvgIpc) is 3.40. The summed E-state index contributed by atoms with van der Waals surface area (Å²) in [5.74, 6) is -0.596. The number of anilines is 1. The third-order valence-corrected chi connectivity index (χ3v) is 7.72. The smallest absolute Gasteiger partial charge is 0.293 e. The molecule has 1 fully saturated rings. The second-order valence-corrected chi connectivity index (χ2v) is 11.2. The van der Waals surface area contributed by atoms with E-state index in [1.165, 1.54) is 30.5 Å². The number of carbonyl (C=O) groups is 1. The number of sulfonamides is 1. The van der Waals surface area contributed by atoms with Crippen molar-refractivity contribution in [3.63, 3.8) is 0 Å². The monoisotopic (exact) mass is 631 g/mol. The molecule has 0 unspecified atom stereocenters. The molecular weight excluding hydrogens is 610 g/mol. The number of carbonyl (C=O) groups excluding carboxylic acids is 1. The number of H-pyrrole nitrogens is 1. The third-order valence-electron chi connectivity index (χ3n) is 5.90. The lowest BCUT2D eigenvalue weighted by Crippen LogP contribution is -2.34. The van der Waals surface area contributed by atoms with Gasteiger partial charge in [0.25, 0.3) is 21.6 Å². The van der Waals surface area contributed by atoms with E-state index in [4.69, 9.17) is 14.2 Å². The summed E-state index contributed by atoms with van der Waals surface area (Å²) in [4.78, 5) is 30.9. The zero-order valence-electron chi connectivity index (χ0n) is 20.6. The molecule has 3 N–H and O–H groups in total. The Hall–Kier alpha value is -4.05. The fourth-order valence-electron chi connectivity index (χ4n) is 3.96. The molecule has 2 aromatic carbocycles. The third kappa shape index (κ3) is 6.22. The number of rotatable bonds is 9. The van der Waals surface area contributed by atoms with Gasteiger partial charge in [-0.1, -0.05) is 15.9 Å². The van der Waals surface area contributed by atoms with Crippen molar-refractivity contribution in [1.82, 2.24) is 14.7 Å². The van der Waals surface area contributed by atoms with Crippen molar-refractivity contribution in [2.75, 3.05) is 31.7 Å². The summed E-state index contributed by atoms with van der Waals surface area (Å²) < 4.78 is 45.4. The predicted molar refractivity (Wildman–Crippen MR) is 147 cm³/mol. The lowest BCUT2D eigenvalue weighted by Gasteiger charge is -2.23. The van der Waals surface area contributed by atoms with Crippen LogP contribution in [0.25, 0.3) is 11.0 Å². The van der Waals surface area contributed by atoms with Crippen LogP contribution in [0.15, 0.2) is 70.3 Å². The van der Waals surface area contributed by atoms with Crippen LogP contribution in [-0.4, -0.2) is 61.7 Å². The van der Waals surface area contributed by atoms with Gasteiger partial charge in [-0.15, -0.1) is 0 Å². The highest BCUT2D eigenvalue weighted by molar-refractivity contribution is 9.10. The van der Waals surface area contributed by atoms with E-state index in [2.05, 4.69) is 31.2 Å². The molecule has 15 heteroatoms. The van der Waals surface area contributed by atoms with E-state index < -0.39 is 31.4 Å². The maximum atomic E-state index is 13.1. The number of pyridine rings is 1. The van der Waals surface area contributed by atoms with Crippen molar-refractivity contribution in [1.29, 1.82) is 0 Å². The molecule has 1 atom stereocenters. The number of aromatic amines is 1. The molecule has 1 aliphatic rings. The molecule has 40 heavy (non-hydrogen) atoms. The van der Waals surface area contributed by atoms with Crippen LogP contribution in [0.5, 0.6) is 11.5 Å². The van der Waals surface area contributed by atoms with Crippen LogP contribution in [0.3, 0.4) is 0 Å². The minimum Gasteiger partial charge on any atom is -0.455 e. The standard InChI is InChI=1S/C25H22BrN5O8S/c26-16-1-3-20(23(10-16)39-17-9-15-5-6-27-24(15)29-12-17)25(32)30-40(35,36)19-2-4-21(22(11-19)31(33)34)28-13-18-14-37-7-8-38-18/h1-6,9-12,18,28H,7-8,13-14H2,(H,27,29)(H,30,32)/t18-/m0/s1. The van der Waals surface area contributed by atoms with Crippen LogP contribution in [0.4, 0.5) is 11.4 Å². The van der Waals surface area contributed by atoms with E-state index in [1.54, 1.807) is 24.4 Å². The molecule has 2 aromatic heterocycles. The average molecular weight is 632 g/mol. The molecule has 0 radical (unpaired) electrons. The highest BCUT2D eigenvalue weighted by atomic mass is 79.9. The van der Waals surface area contributed by atoms with Crippen LogP contribution >= 0.6 is 15.9 Å². The van der Waals surface area contributed by atoms with Gasteiger partial charge in [-0.05, 0) is 42.5 Å². The summed E-state index contributed by atoms with van der Waals surface area (Å²) in [7, 11) is -4.50. The molecule has 1 amide bonds. The number of nitrogens with zero attached hydrogens (tertiary/aromatic N) is 2. The summed E-state index contributed by atoms with van der Waals surface area (Å²) >= 11 is 3.32. The molecule has 0 saturated carbocycles. The molecular formula is C25H22BrN5O8S. The summed E-state index contributed by atoms with van der Waals surface area (Å²) in [6, 6.07) is 11.3. The Balaban J connectivity index is 1.35. The van der Waals surface area contributed by atoms with E-state index in [0.29, 0.717) is 35.7 Å². The minimum atomic E-state index is -4.50. The fraction of sp³-hybridized carbons (Fsp3) is 0.200. The number of nitro groups is 1. The zero-order valence-corrected chi connectivity index (χ0v) is 23.0. The summed E-state index contributed by atoms with van der Waals surface area (Å²) in [5.41, 5.74) is 0.189. The van der Waals surface area contributed by atoms with Crippen LogP contribution in [0, 0.1) is 10.1 Å². The molecule has 0 bridgehead atoms. The number of nitrogens with one attached hydrogen (secondary N) is 3. The first kappa shape index (κ1) is 27.5. The zero-order chi connectivity index (χ0) is 28.3. The van der Waals surface area contributed by atoms with Crippen molar-refractivity contribution >= 4 is 54.3 Å². The SMILES string of the molecule is O=C(NS(=O)(=O)c1ccc(NC[C@H]2COCCO2)c([N+](=O)[O-])c1)c1ccc(Br)cc1Oc1cnc2[nH]ccc2c1. The Kier molecular flexibility index (Phi) is 7.97. The van der Waals surface area contributed by atoms with Gasteiger partial charge in [-0.3, -0.25) is 14.9 Å². The van der Waals surface area contributed by atoms with E-state index in [1.807, 2.05) is 4.72 Å². The van der Waals surface area contributed by atoms with Gasteiger partial charge in [-0.25, -0.2) is 18.1 Å². The van der Waals surface area contributed by atoms with E-state index in [9.17, 15) is 23.3 Å². The van der Waals surface area contributed by atoms with E-state index >= 15 is 0 Å². The van der Waals surface area contributed by atoms with Gasteiger partial charge in [0.2, 0.25) is 0 Å². The highest BCUT2D eigenvalue weighted by Crippen LogP contribution is 2.31. The van der Waals surface area contributed by atoms with Crippen LogP contribution in [0.1, 0.15) is 10.4 Å². The Morgan fingerprint density at radius 2 is 2.05 bits per heavy atom. The van der Waals surface area contributed by atoms with Crippen LogP contribution < -0.4 is 14.8 Å². The molecule has 3 heterocycles. The Morgan fingerprint density at radius 1 is 1.20 bits per heavy atom.